The number of nitrogens with zero attached hydrogens (tertiary/aromatic N) is 4. The van der Waals surface area contributed by atoms with E-state index in [4.69, 9.17) is 0 Å². The van der Waals surface area contributed by atoms with E-state index in [0.717, 1.165) is 10.8 Å². The van der Waals surface area contributed by atoms with Gasteiger partial charge in [-0.05, 0) is 10.6 Å². The number of hydrogen-bond acceptors (Lipinski definition) is 6. The maximum Gasteiger partial charge on any atom is 1.00 e. The molecule has 0 bridgehead atoms. The Kier molecular flexibility index (Phi) is 8.47. The molecule has 2 N–H and O–H groups in total. The van der Waals surface area contributed by atoms with Crippen LogP contribution in [-0.2, 0) is 18.4 Å². The molecule has 0 atom stereocenters. The second-order valence-corrected chi connectivity index (χ2v) is 4.80. The molecule has 0 aliphatic heterocycles. The monoisotopic (exact) mass is 314 g/mol. The summed E-state index contributed by atoms with van der Waals surface area (Å²) in [4.78, 5) is 0. The number of hydrogen-bond donors (Lipinski definition) is 2. The van der Waals surface area contributed by atoms with Crippen molar-refractivity contribution in [3.8, 4) is 0 Å². The summed E-state index contributed by atoms with van der Waals surface area (Å²) in [5.41, 5.74) is 1.30. The third kappa shape index (κ3) is 6.49. The summed E-state index contributed by atoms with van der Waals surface area (Å²) in [5.74, 6) is 0.938. The van der Waals surface area contributed by atoms with Crippen molar-refractivity contribution >= 4 is 24.4 Å². The minimum Gasteiger partial charge on any atom is -0.757 e. The number of aromatic nitrogens is 6. The minimum absolute atomic E-state index is 0. The average molecular weight is 314 g/mol. The van der Waals surface area contributed by atoms with Crippen molar-refractivity contribution in [2.45, 2.75) is 15.8 Å². The molecule has 2 aromatic heterocycles. The Morgan fingerprint density at radius 2 is 1.70 bits per heavy atom. The molecule has 1 aromatic carbocycles. The van der Waals surface area contributed by atoms with E-state index < -0.39 is 0 Å². The molecule has 0 saturated carbocycles. The number of benzene rings is 1. The maximum absolute atomic E-state index is 4.54. The van der Waals surface area contributed by atoms with Crippen LogP contribution in [0.4, 0.5) is 0 Å². The van der Waals surface area contributed by atoms with Gasteiger partial charge in [0.25, 0.3) is 0 Å². The number of rotatable bonds is 3. The Labute approximate surface area is 148 Å². The Balaban J connectivity index is 0.000000243. The van der Waals surface area contributed by atoms with Gasteiger partial charge in [-0.15, -0.1) is 5.10 Å². The predicted octanol–water partition coefficient (Wildman–Crippen LogP) is -1.19. The molecular formula is C11H11N6NaS2. The van der Waals surface area contributed by atoms with Crippen LogP contribution in [-0.4, -0.2) is 30.8 Å². The van der Waals surface area contributed by atoms with E-state index >= 15 is 0 Å². The van der Waals surface area contributed by atoms with E-state index in [1.807, 2.05) is 18.2 Å². The zero-order valence-corrected chi connectivity index (χ0v) is 14.5. The van der Waals surface area contributed by atoms with Crippen LogP contribution in [0.1, 0.15) is 5.56 Å². The van der Waals surface area contributed by atoms with Gasteiger partial charge in [-0.1, -0.05) is 42.1 Å². The van der Waals surface area contributed by atoms with Gasteiger partial charge in [-0.2, -0.15) is 25.7 Å². The molecule has 9 heteroatoms. The fourth-order valence-corrected chi connectivity index (χ4v) is 2.02. The molecule has 0 fully saturated rings. The summed E-state index contributed by atoms with van der Waals surface area (Å²) in [6.45, 7) is 0. The van der Waals surface area contributed by atoms with Crippen LogP contribution in [0.25, 0.3) is 0 Å². The van der Waals surface area contributed by atoms with Gasteiger partial charge in [0.1, 0.15) is 5.03 Å². The summed E-state index contributed by atoms with van der Waals surface area (Å²) in [5, 5.41) is 21.0. The quantitative estimate of drug-likeness (QED) is 0.359. The molecule has 98 valence electrons. The minimum atomic E-state index is 0. The number of thioether (sulfide) groups is 1. The fourth-order valence-electron chi connectivity index (χ4n) is 1.18. The van der Waals surface area contributed by atoms with Crippen LogP contribution >= 0.6 is 11.8 Å². The molecule has 20 heavy (non-hydrogen) atoms. The van der Waals surface area contributed by atoms with E-state index in [1.54, 1.807) is 18.0 Å². The average Bonchev–Trinajstić information content (AvgIpc) is 3.11. The van der Waals surface area contributed by atoms with Gasteiger partial charge in [0.2, 0.25) is 0 Å². The molecule has 0 spiro atoms. The summed E-state index contributed by atoms with van der Waals surface area (Å²) < 4.78 is 0. The Hall–Kier alpha value is -0.930. The van der Waals surface area contributed by atoms with Crippen molar-refractivity contribution in [2.75, 3.05) is 0 Å². The zero-order valence-electron chi connectivity index (χ0n) is 10.9. The zero-order chi connectivity index (χ0) is 13.3. The third-order valence-corrected chi connectivity index (χ3v) is 3.18. The Morgan fingerprint density at radius 3 is 2.20 bits per heavy atom. The molecule has 0 amide bonds. The third-order valence-electron chi connectivity index (χ3n) is 2.02. The molecule has 6 nitrogen and oxygen atoms in total. The molecule has 0 radical (unpaired) electrons. The smallest absolute Gasteiger partial charge is 0.757 e. The Bertz CT molecular complexity index is 558. The molecule has 0 saturated heterocycles. The van der Waals surface area contributed by atoms with Crippen LogP contribution < -0.4 is 29.6 Å². The number of nitrogens with one attached hydrogen (secondary N) is 2. The van der Waals surface area contributed by atoms with E-state index in [9.17, 15) is 0 Å². The first kappa shape index (κ1) is 17.1. The summed E-state index contributed by atoms with van der Waals surface area (Å²) in [7, 11) is 0. The van der Waals surface area contributed by atoms with E-state index in [-0.39, 0.29) is 29.6 Å². The van der Waals surface area contributed by atoms with E-state index in [0.29, 0.717) is 5.03 Å². The van der Waals surface area contributed by atoms with Gasteiger partial charge in [0, 0.05) is 11.9 Å². The first-order valence-corrected chi connectivity index (χ1v) is 6.79. The molecule has 3 rings (SSSR count). The van der Waals surface area contributed by atoms with Crippen molar-refractivity contribution in [1.82, 2.24) is 30.8 Å². The predicted molar refractivity (Wildman–Crippen MR) is 74.4 cm³/mol. The number of aromatic amines is 2. The van der Waals surface area contributed by atoms with Crippen molar-refractivity contribution in [1.29, 1.82) is 0 Å². The van der Waals surface area contributed by atoms with Gasteiger partial charge in [0.15, 0.2) is 0 Å². The molecule has 0 aliphatic carbocycles. The van der Waals surface area contributed by atoms with Crippen molar-refractivity contribution in [3.05, 3.63) is 48.3 Å². The largest absolute Gasteiger partial charge is 1.00 e. The van der Waals surface area contributed by atoms with Crippen LogP contribution in [0.3, 0.4) is 0 Å². The topological polar surface area (TPSA) is 83.1 Å². The normalized spacial score (nSPS) is 9.20. The summed E-state index contributed by atoms with van der Waals surface area (Å²) in [6, 6.07) is 10.3. The van der Waals surface area contributed by atoms with E-state index in [2.05, 4.69) is 55.6 Å². The summed E-state index contributed by atoms with van der Waals surface area (Å²) in [6.07, 6.45) is 3.21. The maximum atomic E-state index is 4.54. The molecule has 0 unspecified atom stereocenters. The van der Waals surface area contributed by atoms with E-state index in [1.165, 1.54) is 11.8 Å². The SMILES string of the molecule is [Na+].[S-]c1cn[nH]n1.c1ccc(CSc2cn[nH]n2)cc1. The second-order valence-electron chi connectivity index (χ2n) is 3.39. The van der Waals surface area contributed by atoms with Crippen LogP contribution in [0.15, 0.2) is 52.8 Å². The fraction of sp³-hybridized carbons (Fsp3) is 0.0909. The molecule has 2 heterocycles. The van der Waals surface area contributed by atoms with Gasteiger partial charge in [-0.3, -0.25) is 0 Å². The standard InChI is InChI=1S/C9H9N3S.C2H3N3S.Na/c1-2-4-8(5-3-1)7-13-9-6-10-12-11-9;6-2-1-3-5-4-2;/h1-6H,7H2,(H,10,11,12);1H,(H2,3,4,5,6);/q;;+1/p-1. The van der Waals surface area contributed by atoms with Gasteiger partial charge in [0.05, 0.1) is 6.20 Å². The molecule has 0 aliphatic rings. The Morgan fingerprint density at radius 1 is 1.00 bits per heavy atom. The van der Waals surface area contributed by atoms with Crippen LogP contribution in [0.5, 0.6) is 0 Å². The number of H-pyrrole nitrogens is 2. The van der Waals surface area contributed by atoms with Gasteiger partial charge < -0.3 is 12.6 Å². The first-order valence-electron chi connectivity index (χ1n) is 5.40. The van der Waals surface area contributed by atoms with Crippen molar-refractivity contribution in [3.63, 3.8) is 0 Å². The molecular weight excluding hydrogens is 303 g/mol. The van der Waals surface area contributed by atoms with Gasteiger partial charge in [-0.25, -0.2) is 0 Å². The second kappa shape index (κ2) is 9.89. The van der Waals surface area contributed by atoms with Crippen molar-refractivity contribution < 1.29 is 29.6 Å². The summed E-state index contributed by atoms with van der Waals surface area (Å²) >= 11 is 6.22. The van der Waals surface area contributed by atoms with Crippen molar-refractivity contribution in [2.24, 2.45) is 0 Å². The van der Waals surface area contributed by atoms with Gasteiger partial charge >= 0.3 is 29.6 Å². The first-order chi connectivity index (χ1) is 9.34. The van der Waals surface area contributed by atoms with Crippen LogP contribution in [0.2, 0.25) is 0 Å². The van der Waals surface area contributed by atoms with Crippen LogP contribution in [0, 0.1) is 0 Å². The molecule has 3 aromatic rings.